The molecule has 0 amide bonds. The van der Waals surface area contributed by atoms with Gasteiger partial charge < -0.3 is 4.74 Å². The Labute approximate surface area is 143 Å². The van der Waals surface area contributed by atoms with Gasteiger partial charge in [0.15, 0.2) is 0 Å². The first kappa shape index (κ1) is 20.0. The number of rotatable bonds is 8. The zero-order chi connectivity index (χ0) is 17.6. The number of hydrogen-bond donors (Lipinski definition) is 1. The molecule has 0 fully saturated rings. The van der Waals surface area contributed by atoms with E-state index in [1.807, 2.05) is 25.3 Å². The van der Waals surface area contributed by atoms with Gasteiger partial charge in [-0.15, -0.1) is 0 Å². The number of benzene rings is 1. The first-order chi connectivity index (χ1) is 10.7. The Morgan fingerprint density at radius 1 is 1.26 bits per heavy atom. The van der Waals surface area contributed by atoms with E-state index in [9.17, 15) is 13.2 Å². The van der Waals surface area contributed by atoms with E-state index < -0.39 is 22.0 Å². The lowest BCUT2D eigenvalue weighted by atomic mass is 10.1. The molecule has 1 aromatic carbocycles. The Kier molecular flexibility index (Phi) is 7.57. The number of nitrogens with one attached hydrogen (secondary N) is 1. The average molecular weight is 360 g/mol. The van der Waals surface area contributed by atoms with E-state index in [0.29, 0.717) is 23.3 Å². The predicted octanol–water partition coefficient (Wildman–Crippen LogP) is 2.57. The van der Waals surface area contributed by atoms with Gasteiger partial charge in [0.25, 0.3) is 0 Å². The lowest BCUT2D eigenvalue weighted by Gasteiger charge is -2.19. The highest BCUT2D eigenvalue weighted by Gasteiger charge is 2.28. The first-order valence-corrected chi connectivity index (χ1v) is 10.4. The van der Waals surface area contributed by atoms with Crippen molar-refractivity contribution in [1.29, 1.82) is 0 Å². The molecule has 0 aromatic heterocycles. The van der Waals surface area contributed by atoms with Crippen LogP contribution >= 0.6 is 11.8 Å². The third kappa shape index (κ3) is 5.51. The summed E-state index contributed by atoms with van der Waals surface area (Å²) >= 11 is 1.55. The normalized spacial score (nSPS) is 12.9. The Balaban J connectivity index is 3.13. The summed E-state index contributed by atoms with van der Waals surface area (Å²) < 4.78 is 33.0. The van der Waals surface area contributed by atoms with Crippen molar-refractivity contribution in [2.45, 2.75) is 45.1 Å². The van der Waals surface area contributed by atoms with Gasteiger partial charge in [0.1, 0.15) is 6.04 Å². The summed E-state index contributed by atoms with van der Waals surface area (Å²) in [5, 5.41) is 0. The molecule has 0 unspecified atom stereocenters. The van der Waals surface area contributed by atoms with E-state index in [2.05, 4.69) is 4.72 Å². The largest absolute Gasteiger partial charge is 0.465 e. The molecule has 1 N–H and O–H groups in total. The Hall–Kier alpha value is -1.05. The smallest absolute Gasteiger partial charge is 0.324 e. The second kappa shape index (κ2) is 8.70. The van der Waals surface area contributed by atoms with Crippen molar-refractivity contribution in [2.75, 3.05) is 18.6 Å². The molecule has 7 heteroatoms. The quantitative estimate of drug-likeness (QED) is 0.722. The molecular formula is C16H25NO4S2. The van der Waals surface area contributed by atoms with E-state index in [0.717, 1.165) is 5.56 Å². The number of carbonyl (C=O) groups excluding carboxylic acids is 1. The Bertz CT molecular complexity index is 633. The van der Waals surface area contributed by atoms with Gasteiger partial charge in [0.2, 0.25) is 10.0 Å². The van der Waals surface area contributed by atoms with Crippen molar-refractivity contribution >= 4 is 27.8 Å². The molecule has 0 bridgehead atoms. The molecule has 0 radical (unpaired) electrons. The molecule has 5 nitrogen and oxygen atoms in total. The van der Waals surface area contributed by atoms with Crippen LogP contribution in [0.5, 0.6) is 0 Å². The molecule has 1 rings (SSSR count). The number of hydrogen-bond acceptors (Lipinski definition) is 5. The highest BCUT2D eigenvalue weighted by Crippen LogP contribution is 2.22. The van der Waals surface area contributed by atoms with Crippen LogP contribution < -0.4 is 4.72 Å². The van der Waals surface area contributed by atoms with Gasteiger partial charge in [0.05, 0.1) is 11.5 Å². The van der Waals surface area contributed by atoms with Crippen molar-refractivity contribution in [1.82, 2.24) is 4.72 Å². The maximum Gasteiger partial charge on any atom is 0.324 e. The lowest BCUT2D eigenvalue weighted by Crippen LogP contribution is -2.42. The molecule has 0 spiro atoms. The minimum Gasteiger partial charge on any atom is -0.465 e. The Morgan fingerprint density at radius 3 is 2.30 bits per heavy atom. The number of aryl methyl sites for hydroxylation is 3. The summed E-state index contributed by atoms with van der Waals surface area (Å²) in [5.41, 5.74) is 2.34. The molecule has 130 valence electrons. The summed E-state index contributed by atoms with van der Waals surface area (Å²) in [4.78, 5) is 12.3. The summed E-state index contributed by atoms with van der Waals surface area (Å²) in [6.45, 7) is 7.36. The van der Waals surface area contributed by atoms with Gasteiger partial charge in [-0.3, -0.25) is 4.79 Å². The van der Waals surface area contributed by atoms with Crippen LogP contribution in [-0.2, 0) is 19.6 Å². The number of sulfonamides is 1. The maximum atomic E-state index is 12.7. The second-order valence-corrected chi connectivity index (χ2v) is 8.07. The molecule has 0 saturated carbocycles. The fourth-order valence-electron chi connectivity index (χ4n) is 2.54. The SMILES string of the molecule is CCOC(=O)[C@H](CCSC)NS(=O)(=O)c1c(C)cc(C)cc1C. The first-order valence-electron chi connectivity index (χ1n) is 7.48. The molecule has 0 heterocycles. The van der Waals surface area contributed by atoms with Crippen LogP contribution in [0.15, 0.2) is 17.0 Å². The molecular weight excluding hydrogens is 334 g/mol. The number of carbonyl (C=O) groups is 1. The number of esters is 1. The highest BCUT2D eigenvalue weighted by molar-refractivity contribution is 7.98. The van der Waals surface area contributed by atoms with Gasteiger partial charge in [-0.1, -0.05) is 17.7 Å². The van der Waals surface area contributed by atoms with Crippen LogP contribution in [0.2, 0.25) is 0 Å². The van der Waals surface area contributed by atoms with E-state index in [1.54, 1.807) is 32.5 Å². The molecule has 0 aliphatic carbocycles. The van der Waals surface area contributed by atoms with Gasteiger partial charge in [-0.25, -0.2) is 8.42 Å². The van der Waals surface area contributed by atoms with Crippen LogP contribution in [-0.4, -0.2) is 39.0 Å². The van der Waals surface area contributed by atoms with Crippen LogP contribution in [0.4, 0.5) is 0 Å². The Morgan fingerprint density at radius 2 is 1.83 bits per heavy atom. The predicted molar refractivity (Wildman–Crippen MR) is 94.4 cm³/mol. The van der Waals surface area contributed by atoms with Gasteiger partial charge in [-0.05, 0) is 57.3 Å². The molecule has 1 atom stereocenters. The summed E-state index contributed by atoms with van der Waals surface area (Å²) in [7, 11) is -3.79. The van der Waals surface area contributed by atoms with Gasteiger partial charge in [-0.2, -0.15) is 16.5 Å². The minimum atomic E-state index is -3.79. The van der Waals surface area contributed by atoms with Crippen molar-refractivity contribution in [3.8, 4) is 0 Å². The average Bonchev–Trinajstić information content (AvgIpc) is 2.41. The monoisotopic (exact) mass is 359 g/mol. The van der Waals surface area contributed by atoms with E-state index in [4.69, 9.17) is 4.74 Å². The minimum absolute atomic E-state index is 0.221. The zero-order valence-electron chi connectivity index (χ0n) is 14.3. The number of thioether (sulfide) groups is 1. The second-order valence-electron chi connectivity index (χ2n) is 5.44. The molecule has 0 aliphatic rings. The van der Waals surface area contributed by atoms with Crippen LogP contribution in [0.25, 0.3) is 0 Å². The van der Waals surface area contributed by atoms with E-state index in [1.165, 1.54) is 0 Å². The van der Waals surface area contributed by atoms with Crippen molar-refractivity contribution in [2.24, 2.45) is 0 Å². The molecule has 0 saturated heterocycles. The fraction of sp³-hybridized carbons (Fsp3) is 0.562. The van der Waals surface area contributed by atoms with Crippen molar-refractivity contribution in [3.63, 3.8) is 0 Å². The third-order valence-electron chi connectivity index (χ3n) is 3.35. The lowest BCUT2D eigenvalue weighted by molar-refractivity contribution is -0.145. The topological polar surface area (TPSA) is 72.5 Å². The zero-order valence-corrected chi connectivity index (χ0v) is 15.9. The van der Waals surface area contributed by atoms with Crippen LogP contribution in [0, 0.1) is 20.8 Å². The highest BCUT2D eigenvalue weighted by atomic mass is 32.2. The summed E-state index contributed by atoms with van der Waals surface area (Å²) in [6, 6.07) is 2.78. The maximum absolute atomic E-state index is 12.7. The molecule has 1 aromatic rings. The van der Waals surface area contributed by atoms with E-state index >= 15 is 0 Å². The molecule has 23 heavy (non-hydrogen) atoms. The van der Waals surface area contributed by atoms with E-state index in [-0.39, 0.29) is 11.5 Å². The van der Waals surface area contributed by atoms with Crippen molar-refractivity contribution in [3.05, 3.63) is 28.8 Å². The molecule has 0 aliphatic heterocycles. The van der Waals surface area contributed by atoms with Gasteiger partial charge in [0, 0.05) is 0 Å². The fourth-order valence-corrected chi connectivity index (χ4v) is 4.68. The summed E-state index contributed by atoms with van der Waals surface area (Å²) in [5.74, 6) is 0.130. The summed E-state index contributed by atoms with van der Waals surface area (Å²) in [6.07, 6.45) is 2.30. The third-order valence-corrected chi connectivity index (χ3v) is 5.77. The van der Waals surface area contributed by atoms with Crippen LogP contribution in [0.1, 0.15) is 30.0 Å². The van der Waals surface area contributed by atoms with Gasteiger partial charge >= 0.3 is 5.97 Å². The van der Waals surface area contributed by atoms with Crippen molar-refractivity contribution < 1.29 is 17.9 Å². The van der Waals surface area contributed by atoms with Crippen LogP contribution in [0.3, 0.4) is 0 Å². The standard InChI is InChI=1S/C16H25NO4S2/c1-6-21-16(18)14(7-8-22-5)17-23(19,20)15-12(3)9-11(2)10-13(15)4/h9-10,14,17H,6-8H2,1-5H3/t14-/m0/s1. The number of ether oxygens (including phenoxy) is 1.